The predicted molar refractivity (Wildman–Crippen MR) is 85.6 cm³/mol. The standard InChI is InChI=1S/C18H24N2/c1-20(14-18(13-19)9-4-10-18)12-15-7-8-16-5-2-3-6-17(16)11-15/h2-3,5-8,11H,4,9-10,12-14,19H2,1H3. The molecule has 106 valence electrons. The zero-order chi connectivity index (χ0) is 14.0. The number of benzene rings is 2. The Morgan fingerprint density at radius 2 is 1.85 bits per heavy atom. The summed E-state index contributed by atoms with van der Waals surface area (Å²) in [6.07, 6.45) is 3.94. The fourth-order valence-corrected chi connectivity index (χ4v) is 3.38. The smallest absolute Gasteiger partial charge is 0.0231 e. The zero-order valence-electron chi connectivity index (χ0n) is 12.3. The van der Waals surface area contributed by atoms with Gasteiger partial charge in [-0.2, -0.15) is 0 Å². The van der Waals surface area contributed by atoms with Crippen molar-refractivity contribution in [2.75, 3.05) is 20.1 Å². The summed E-state index contributed by atoms with van der Waals surface area (Å²) in [6.45, 7) is 2.96. The number of hydrogen-bond acceptors (Lipinski definition) is 2. The third kappa shape index (κ3) is 2.72. The van der Waals surface area contributed by atoms with E-state index in [9.17, 15) is 0 Å². The van der Waals surface area contributed by atoms with Crippen molar-refractivity contribution in [2.45, 2.75) is 25.8 Å². The highest BCUT2D eigenvalue weighted by Gasteiger charge is 2.36. The van der Waals surface area contributed by atoms with E-state index in [1.807, 2.05) is 0 Å². The monoisotopic (exact) mass is 268 g/mol. The Morgan fingerprint density at radius 1 is 1.10 bits per heavy atom. The summed E-state index contributed by atoms with van der Waals surface area (Å²) in [6, 6.07) is 15.3. The molecular formula is C18H24N2. The Hall–Kier alpha value is -1.38. The lowest BCUT2D eigenvalue weighted by Gasteiger charge is -2.43. The summed E-state index contributed by atoms with van der Waals surface area (Å²) < 4.78 is 0. The molecule has 1 aliphatic carbocycles. The number of fused-ring (bicyclic) bond motifs is 1. The van der Waals surface area contributed by atoms with Gasteiger partial charge in [-0.15, -0.1) is 0 Å². The molecule has 2 nitrogen and oxygen atoms in total. The van der Waals surface area contributed by atoms with E-state index in [0.717, 1.165) is 19.6 Å². The number of rotatable bonds is 5. The van der Waals surface area contributed by atoms with Crippen LogP contribution in [0.3, 0.4) is 0 Å². The van der Waals surface area contributed by atoms with Gasteiger partial charge in [0, 0.05) is 13.1 Å². The van der Waals surface area contributed by atoms with Gasteiger partial charge in [0.05, 0.1) is 0 Å². The highest BCUT2D eigenvalue weighted by molar-refractivity contribution is 5.82. The van der Waals surface area contributed by atoms with Crippen molar-refractivity contribution in [3.8, 4) is 0 Å². The van der Waals surface area contributed by atoms with Gasteiger partial charge < -0.3 is 10.6 Å². The summed E-state index contributed by atoms with van der Waals surface area (Å²) in [7, 11) is 2.21. The van der Waals surface area contributed by atoms with Crippen molar-refractivity contribution < 1.29 is 0 Å². The molecule has 0 radical (unpaired) electrons. The quantitative estimate of drug-likeness (QED) is 0.900. The van der Waals surface area contributed by atoms with Crippen LogP contribution in [0.25, 0.3) is 10.8 Å². The maximum atomic E-state index is 5.96. The summed E-state index contributed by atoms with van der Waals surface area (Å²) in [4.78, 5) is 2.43. The molecule has 2 heteroatoms. The van der Waals surface area contributed by atoms with E-state index >= 15 is 0 Å². The van der Waals surface area contributed by atoms with Gasteiger partial charge in [0.2, 0.25) is 0 Å². The van der Waals surface area contributed by atoms with Crippen molar-refractivity contribution >= 4 is 10.8 Å². The summed E-state index contributed by atoms with van der Waals surface area (Å²) >= 11 is 0. The Balaban J connectivity index is 1.69. The molecule has 0 aliphatic heterocycles. The first-order chi connectivity index (χ1) is 9.71. The lowest BCUT2D eigenvalue weighted by Crippen LogP contribution is -2.45. The molecule has 3 rings (SSSR count). The van der Waals surface area contributed by atoms with E-state index in [4.69, 9.17) is 5.73 Å². The molecule has 0 heterocycles. The minimum atomic E-state index is 0.394. The van der Waals surface area contributed by atoms with E-state index in [2.05, 4.69) is 54.4 Å². The first-order valence-electron chi connectivity index (χ1n) is 7.57. The summed E-state index contributed by atoms with van der Waals surface area (Å²) in [5.41, 5.74) is 7.74. The Morgan fingerprint density at radius 3 is 2.50 bits per heavy atom. The van der Waals surface area contributed by atoms with Crippen molar-refractivity contribution in [2.24, 2.45) is 11.1 Å². The molecule has 0 atom stereocenters. The summed E-state index contributed by atoms with van der Waals surface area (Å²) in [5.74, 6) is 0. The van der Waals surface area contributed by atoms with Gasteiger partial charge in [-0.05, 0) is 54.3 Å². The normalized spacial score (nSPS) is 17.4. The van der Waals surface area contributed by atoms with Crippen LogP contribution >= 0.6 is 0 Å². The molecule has 2 N–H and O–H groups in total. The van der Waals surface area contributed by atoms with Crippen LogP contribution in [0.1, 0.15) is 24.8 Å². The number of nitrogens with zero attached hydrogens (tertiary/aromatic N) is 1. The fraction of sp³-hybridized carbons (Fsp3) is 0.444. The second-order valence-electron chi connectivity index (χ2n) is 6.41. The number of nitrogens with two attached hydrogens (primary N) is 1. The first kappa shape index (κ1) is 13.6. The average molecular weight is 268 g/mol. The molecule has 2 aromatic carbocycles. The lowest BCUT2D eigenvalue weighted by atomic mass is 9.68. The number of hydrogen-bond donors (Lipinski definition) is 1. The van der Waals surface area contributed by atoms with Crippen molar-refractivity contribution in [1.82, 2.24) is 4.90 Å². The van der Waals surface area contributed by atoms with Crippen LogP contribution in [-0.4, -0.2) is 25.0 Å². The molecule has 0 aromatic heterocycles. The van der Waals surface area contributed by atoms with Gasteiger partial charge in [0.1, 0.15) is 0 Å². The largest absolute Gasteiger partial charge is 0.330 e. The second kappa shape index (κ2) is 5.55. The van der Waals surface area contributed by atoms with E-state index in [1.54, 1.807) is 0 Å². The van der Waals surface area contributed by atoms with Crippen LogP contribution < -0.4 is 5.73 Å². The molecule has 2 aromatic rings. The second-order valence-corrected chi connectivity index (χ2v) is 6.41. The van der Waals surface area contributed by atoms with E-state index < -0.39 is 0 Å². The average Bonchev–Trinajstić information content (AvgIpc) is 2.43. The third-order valence-electron chi connectivity index (χ3n) is 4.72. The van der Waals surface area contributed by atoms with Crippen LogP contribution in [0.2, 0.25) is 0 Å². The Labute approximate surface area is 121 Å². The highest BCUT2D eigenvalue weighted by Crippen LogP contribution is 2.40. The molecule has 1 aliphatic rings. The van der Waals surface area contributed by atoms with E-state index in [1.165, 1.54) is 35.6 Å². The van der Waals surface area contributed by atoms with Gasteiger partial charge in [-0.3, -0.25) is 0 Å². The van der Waals surface area contributed by atoms with Crippen LogP contribution in [0, 0.1) is 5.41 Å². The highest BCUT2D eigenvalue weighted by atomic mass is 15.1. The minimum Gasteiger partial charge on any atom is -0.330 e. The fourth-order valence-electron chi connectivity index (χ4n) is 3.38. The molecule has 0 saturated heterocycles. The van der Waals surface area contributed by atoms with Gasteiger partial charge in [-0.1, -0.05) is 42.8 Å². The molecule has 0 amide bonds. The third-order valence-corrected chi connectivity index (χ3v) is 4.72. The first-order valence-corrected chi connectivity index (χ1v) is 7.57. The molecular weight excluding hydrogens is 244 g/mol. The van der Waals surface area contributed by atoms with Gasteiger partial charge in [0.25, 0.3) is 0 Å². The maximum absolute atomic E-state index is 5.96. The molecule has 1 fully saturated rings. The van der Waals surface area contributed by atoms with E-state index in [0.29, 0.717) is 5.41 Å². The SMILES string of the molecule is CN(Cc1ccc2ccccc2c1)CC1(CN)CCC1. The van der Waals surface area contributed by atoms with Crippen LogP contribution in [0.15, 0.2) is 42.5 Å². The van der Waals surface area contributed by atoms with Crippen molar-refractivity contribution in [3.05, 3.63) is 48.0 Å². The van der Waals surface area contributed by atoms with E-state index in [-0.39, 0.29) is 0 Å². The lowest BCUT2D eigenvalue weighted by molar-refractivity contribution is 0.0845. The maximum Gasteiger partial charge on any atom is 0.0231 e. The van der Waals surface area contributed by atoms with Gasteiger partial charge >= 0.3 is 0 Å². The summed E-state index contributed by atoms with van der Waals surface area (Å²) in [5, 5.41) is 2.65. The Bertz CT molecular complexity index is 581. The molecule has 0 spiro atoms. The zero-order valence-corrected chi connectivity index (χ0v) is 12.3. The van der Waals surface area contributed by atoms with Crippen molar-refractivity contribution in [1.29, 1.82) is 0 Å². The Kier molecular flexibility index (Phi) is 3.77. The van der Waals surface area contributed by atoms with Gasteiger partial charge in [0.15, 0.2) is 0 Å². The van der Waals surface area contributed by atoms with Crippen LogP contribution in [0.5, 0.6) is 0 Å². The minimum absolute atomic E-state index is 0.394. The molecule has 1 saturated carbocycles. The molecule has 20 heavy (non-hydrogen) atoms. The van der Waals surface area contributed by atoms with Crippen molar-refractivity contribution in [3.63, 3.8) is 0 Å². The molecule has 0 unspecified atom stereocenters. The topological polar surface area (TPSA) is 29.3 Å². The van der Waals surface area contributed by atoms with Gasteiger partial charge in [-0.25, -0.2) is 0 Å². The van der Waals surface area contributed by atoms with Crippen LogP contribution in [-0.2, 0) is 6.54 Å². The molecule has 0 bridgehead atoms. The predicted octanol–water partition coefficient (Wildman–Crippen LogP) is 3.40. The van der Waals surface area contributed by atoms with Crippen LogP contribution in [0.4, 0.5) is 0 Å².